The lowest BCUT2D eigenvalue weighted by Crippen LogP contribution is -2.33. The average molecular weight is 494 g/mol. The van der Waals surface area contributed by atoms with Crippen molar-refractivity contribution in [2.24, 2.45) is 0 Å². The summed E-state index contributed by atoms with van der Waals surface area (Å²) in [5.74, 6) is 0. The van der Waals surface area contributed by atoms with Gasteiger partial charge in [0.2, 0.25) is 0 Å². The predicted octanol–water partition coefficient (Wildman–Crippen LogP) is 3.78. The number of fused-ring (bicyclic) bond motifs is 1. The highest BCUT2D eigenvalue weighted by atomic mass is 32.2. The van der Waals surface area contributed by atoms with E-state index in [1.165, 1.54) is 29.0 Å². The number of amides is 2. The quantitative estimate of drug-likeness (QED) is 0.387. The van der Waals surface area contributed by atoms with Gasteiger partial charge in [-0.1, -0.05) is 0 Å². The van der Waals surface area contributed by atoms with Gasteiger partial charge >= 0.3 is 6.03 Å². The van der Waals surface area contributed by atoms with Gasteiger partial charge in [0.25, 0.3) is 15.6 Å². The number of benzene rings is 2. The van der Waals surface area contributed by atoms with Crippen LogP contribution in [0.25, 0.3) is 16.5 Å². The SMILES string of the molecule is CNc1ccc2c(=O)n(-c3ccc(NC(=O)NS(=O)(=O)c4ccc(C)s4)cc3)cc(C#N)c2c1. The van der Waals surface area contributed by atoms with E-state index in [1.54, 1.807) is 50.4 Å². The molecule has 0 saturated heterocycles. The van der Waals surface area contributed by atoms with Crippen molar-refractivity contribution in [1.82, 2.24) is 9.29 Å². The molecule has 2 aromatic heterocycles. The molecule has 0 bridgehead atoms. The molecule has 9 nitrogen and oxygen atoms in total. The molecule has 0 spiro atoms. The Balaban J connectivity index is 1.58. The molecule has 4 aromatic rings. The maximum Gasteiger partial charge on any atom is 0.333 e. The van der Waals surface area contributed by atoms with E-state index in [9.17, 15) is 23.3 Å². The summed E-state index contributed by atoms with van der Waals surface area (Å²) in [7, 11) is -2.22. The van der Waals surface area contributed by atoms with Crippen LogP contribution in [0.2, 0.25) is 0 Å². The standard InChI is InChI=1S/C23H19N5O4S2/c1-14-3-10-21(33-14)34(31,32)27-23(30)26-16-4-7-18(8-5-16)28-13-15(12-24)20-11-17(25-2)6-9-19(20)22(28)29/h3-11,13,25H,1-2H3,(H2,26,27,30). The number of nitrogens with zero attached hydrogens (tertiary/aromatic N) is 2. The molecule has 2 amide bonds. The Hall–Kier alpha value is -4.14. The molecule has 0 unspecified atom stereocenters. The third-order valence-corrected chi connectivity index (χ3v) is 7.86. The Morgan fingerprint density at radius 2 is 1.74 bits per heavy atom. The number of sulfonamides is 1. The number of hydrogen-bond donors (Lipinski definition) is 3. The number of aromatic nitrogens is 1. The molecular weight excluding hydrogens is 474 g/mol. The maximum absolute atomic E-state index is 13.0. The van der Waals surface area contributed by atoms with Crippen LogP contribution in [0.4, 0.5) is 16.2 Å². The molecule has 0 atom stereocenters. The summed E-state index contributed by atoms with van der Waals surface area (Å²) >= 11 is 1.06. The van der Waals surface area contributed by atoms with Crippen LogP contribution in [0.3, 0.4) is 0 Å². The minimum atomic E-state index is -3.97. The molecule has 11 heteroatoms. The average Bonchev–Trinajstić information content (AvgIpc) is 3.27. The zero-order valence-corrected chi connectivity index (χ0v) is 19.8. The van der Waals surface area contributed by atoms with Crippen molar-refractivity contribution in [3.05, 3.63) is 81.6 Å². The zero-order chi connectivity index (χ0) is 24.5. The summed E-state index contributed by atoms with van der Waals surface area (Å²) in [6.45, 7) is 1.77. The number of carbonyl (C=O) groups excluding carboxylic acids is 1. The number of thiophene rings is 1. The largest absolute Gasteiger partial charge is 0.388 e. The molecule has 0 aliphatic rings. The van der Waals surface area contributed by atoms with Gasteiger partial charge < -0.3 is 10.6 Å². The van der Waals surface area contributed by atoms with E-state index in [0.29, 0.717) is 27.7 Å². The van der Waals surface area contributed by atoms with E-state index < -0.39 is 16.1 Å². The van der Waals surface area contributed by atoms with Crippen LogP contribution in [0, 0.1) is 18.3 Å². The smallest absolute Gasteiger partial charge is 0.333 e. The number of hydrogen-bond acceptors (Lipinski definition) is 7. The van der Waals surface area contributed by atoms with Gasteiger partial charge in [0.1, 0.15) is 10.3 Å². The first-order valence-corrected chi connectivity index (χ1v) is 12.3. The fourth-order valence-corrected chi connectivity index (χ4v) is 5.56. The van der Waals surface area contributed by atoms with Gasteiger partial charge in [-0.2, -0.15) is 5.26 Å². The lowest BCUT2D eigenvalue weighted by molar-refractivity contribution is 0.256. The first kappa shape index (κ1) is 23.0. The lowest BCUT2D eigenvalue weighted by atomic mass is 10.1. The minimum absolute atomic E-state index is 0.0429. The van der Waals surface area contributed by atoms with E-state index in [-0.39, 0.29) is 9.77 Å². The third kappa shape index (κ3) is 4.50. The van der Waals surface area contributed by atoms with Crippen LogP contribution in [0.5, 0.6) is 0 Å². The molecule has 0 radical (unpaired) electrons. The number of nitriles is 1. The molecule has 0 fully saturated rings. The summed E-state index contributed by atoms with van der Waals surface area (Å²) < 4.78 is 28.0. The molecule has 3 N–H and O–H groups in total. The summed E-state index contributed by atoms with van der Waals surface area (Å²) in [6.07, 6.45) is 1.47. The van der Waals surface area contributed by atoms with Crippen molar-refractivity contribution in [3.8, 4) is 11.8 Å². The minimum Gasteiger partial charge on any atom is -0.388 e. The topological polar surface area (TPSA) is 133 Å². The van der Waals surface area contributed by atoms with Crippen molar-refractivity contribution < 1.29 is 13.2 Å². The summed E-state index contributed by atoms with van der Waals surface area (Å²) in [5, 5.41) is 16.0. The van der Waals surface area contributed by atoms with E-state index in [0.717, 1.165) is 21.9 Å². The molecule has 172 valence electrons. The molecule has 2 heterocycles. The predicted molar refractivity (Wildman–Crippen MR) is 132 cm³/mol. The summed E-state index contributed by atoms with van der Waals surface area (Å²) in [4.78, 5) is 26.1. The number of urea groups is 1. The summed E-state index contributed by atoms with van der Waals surface area (Å²) in [5.41, 5.74) is 1.63. The number of rotatable bonds is 5. The van der Waals surface area contributed by atoms with Crippen LogP contribution >= 0.6 is 11.3 Å². The van der Waals surface area contributed by atoms with Gasteiger partial charge in [-0.25, -0.2) is 17.9 Å². The highest BCUT2D eigenvalue weighted by molar-refractivity contribution is 7.92. The van der Waals surface area contributed by atoms with E-state index in [2.05, 4.69) is 16.7 Å². The van der Waals surface area contributed by atoms with E-state index >= 15 is 0 Å². The van der Waals surface area contributed by atoms with Crippen LogP contribution in [-0.2, 0) is 10.0 Å². The highest BCUT2D eigenvalue weighted by Crippen LogP contribution is 2.22. The van der Waals surface area contributed by atoms with Gasteiger partial charge in [-0.05, 0) is 61.5 Å². The van der Waals surface area contributed by atoms with Crippen molar-refractivity contribution in [2.45, 2.75) is 11.1 Å². The van der Waals surface area contributed by atoms with E-state index in [1.807, 2.05) is 4.72 Å². The fourth-order valence-electron chi connectivity index (χ4n) is 3.37. The first-order valence-electron chi connectivity index (χ1n) is 10.00. The first-order chi connectivity index (χ1) is 16.2. The number of carbonyl (C=O) groups is 1. The molecule has 0 aliphatic carbocycles. The van der Waals surface area contributed by atoms with Crippen molar-refractivity contribution >= 4 is 49.5 Å². The summed E-state index contributed by atoms with van der Waals surface area (Å²) in [6, 6.07) is 15.7. The lowest BCUT2D eigenvalue weighted by Gasteiger charge is -2.12. The van der Waals surface area contributed by atoms with Gasteiger partial charge in [-0.3, -0.25) is 9.36 Å². The number of pyridine rings is 1. The second-order valence-corrected chi connectivity index (χ2v) is 10.5. The van der Waals surface area contributed by atoms with Gasteiger partial charge in [-0.15, -0.1) is 11.3 Å². The third-order valence-electron chi connectivity index (χ3n) is 5.04. The van der Waals surface area contributed by atoms with E-state index in [4.69, 9.17) is 0 Å². The van der Waals surface area contributed by atoms with Crippen LogP contribution < -0.4 is 20.9 Å². The Kier molecular flexibility index (Phi) is 6.10. The molecule has 4 rings (SSSR count). The molecule has 2 aromatic carbocycles. The van der Waals surface area contributed by atoms with Gasteiger partial charge in [0.05, 0.1) is 5.56 Å². The number of nitrogens with one attached hydrogen (secondary N) is 3. The molecule has 0 aliphatic heterocycles. The van der Waals surface area contributed by atoms with Crippen molar-refractivity contribution in [2.75, 3.05) is 17.7 Å². The second kappa shape index (κ2) is 9.01. The molecule has 34 heavy (non-hydrogen) atoms. The normalized spacial score (nSPS) is 11.1. The van der Waals surface area contributed by atoms with Crippen LogP contribution in [0.15, 0.2) is 69.8 Å². The Morgan fingerprint density at radius 1 is 1.03 bits per heavy atom. The molecule has 0 saturated carbocycles. The number of aryl methyl sites for hydroxylation is 1. The number of anilines is 2. The van der Waals surface area contributed by atoms with Gasteiger partial charge in [0.15, 0.2) is 0 Å². The Labute approximate surface area is 199 Å². The second-order valence-electron chi connectivity index (χ2n) is 7.31. The van der Waals surface area contributed by atoms with Crippen LogP contribution in [0.1, 0.15) is 10.4 Å². The molecular formula is C23H19N5O4S2. The maximum atomic E-state index is 13.0. The fraction of sp³-hybridized carbons (Fsp3) is 0.0870. The van der Waals surface area contributed by atoms with Gasteiger partial charge in [0, 0.05) is 46.0 Å². The Morgan fingerprint density at radius 3 is 2.35 bits per heavy atom. The van der Waals surface area contributed by atoms with Crippen molar-refractivity contribution in [3.63, 3.8) is 0 Å². The monoisotopic (exact) mass is 493 g/mol. The zero-order valence-electron chi connectivity index (χ0n) is 18.1. The Bertz CT molecular complexity index is 1610. The van der Waals surface area contributed by atoms with Crippen molar-refractivity contribution in [1.29, 1.82) is 5.26 Å². The highest BCUT2D eigenvalue weighted by Gasteiger charge is 2.19. The van der Waals surface area contributed by atoms with Crippen LogP contribution in [-0.4, -0.2) is 26.1 Å².